The lowest BCUT2D eigenvalue weighted by atomic mass is 10.1. The topological polar surface area (TPSA) is 82.0 Å². The molecule has 2 aromatic rings. The van der Waals surface area contributed by atoms with Crippen molar-refractivity contribution < 1.29 is 19.6 Å². The normalized spacial score (nSPS) is 17.2. The minimum atomic E-state index is -0.174. The maximum atomic E-state index is 12.5. The maximum Gasteiger partial charge on any atom is 0.256 e. The Bertz CT molecular complexity index is 722. The smallest absolute Gasteiger partial charge is 0.256 e. The van der Waals surface area contributed by atoms with Gasteiger partial charge < -0.3 is 20.1 Å². The van der Waals surface area contributed by atoms with Crippen LogP contribution in [0.5, 0.6) is 11.5 Å². The summed E-state index contributed by atoms with van der Waals surface area (Å²) in [5.74, 6) is 1.84. The molecule has 0 unspecified atom stereocenters. The van der Waals surface area contributed by atoms with Crippen LogP contribution in [0.3, 0.4) is 0 Å². The molecule has 3 heterocycles. The Kier molecular flexibility index (Phi) is 3.63. The highest BCUT2D eigenvalue weighted by atomic mass is 16.7. The molecule has 4 rings (SSSR count). The van der Waals surface area contributed by atoms with Crippen LogP contribution in [0.2, 0.25) is 0 Å². The molecule has 0 spiro atoms. The number of anilines is 1. The van der Waals surface area contributed by atoms with Crippen LogP contribution in [0.25, 0.3) is 0 Å². The number of hydrogen-bond donors (Lipinski definition) is 2. The monoisotopic (exact) mass is 315 g/mol. The molecule has 1 fully saturated rings. The van der Waals surface area contributed by atoms with Gasteiger partial charge in [0.1, 0.15) is 5.82 Å². The van der Waals surface area contributed by atoms with E-state index in [1.54, 1.807) is 24.4 Å². The zero-order valence-corrected chi connectivity index (χ0v) is 12.7. The number of quaternary nitrogens is 1. The minimum absolute atomic E-state index is 0.174. The maximum absolute atomic E-state index is 12.5. The standard InChI is InChI=1S/C16H18N4O3/c21-16(11-1-2-13-14(9-11)23-10-22-13)19-15-5-8-18-20(15)12-3-6-17-7-4-12/h1-2,5,8-9,12,17H,3-4,6-7,10H2,(H,19,21)/p+1. The molecule has 3 N–H and O–H groups in total. The average Bonchev–Trinajstić information content (AvgIpc) is 3.23. The molecule has 120 valence electrons. The summed E-state index contributed by atoms with van der Waals surface area (Å²) in [6.07, 6.45) is 3.86. The average molecular weight is 315 g/mol. The van der Waals surface area contributed by atoms with Gasteiger partial charge in [-0.05, 0) is 18.2 Å². The largest absolute Gasteiger partial charge is 0.454 e. The lowest BCUT2D eigenvalue weighted by Crippen LogP contribution is -2.86. The van der Waals surface area contributed by atoms with Crippen LogP contribution in [-0.4, -0.2) is 35.6 Å². The van der Waals surface area contributed by atoms with E-state index in [0.717, 1.165) is 31.7 Å². The number of rotatable bonds is 3. The number of amides is 1. The Morgan fingerprint density at radius 2 is 2.04 bits per heavy atom. The lowest BCUT2D eigenvalue weighted by molar-refractivity contribution is -0.664. The fourth-order valence-electron chi connectivity index (χ4n) is 3.08. The molecule has 7 nitrogen and oxygen atoms in total. The van der Waals surface area contributed by atoms with Crippen molar-refractivity contribution in [2.24, 2.45) is 0 Å². The number of benzene rings is 1. The molecule has 1 aromatic heterocycles. The Morgan fingerprint density at radius 3 is 2.91 bits per heavy atom. The van der Waals surface area contributed by atoms with Gasteiger partial charge in [0.05, 0.1) is 25.3 Å². The molecule has 1 aromatic carbocycles. The van der Waals surface area contributed by atoms with Gasteiger partial charge in [-0.3, -0.25) is 4.79 Å². The highest BCUT2D eigenvalue weighted by Crippen LogP contribution is 2.32. The van der Waals surface area contributed by atoms with Crippen LogP contribution in [-0.2, 0) is 0 Å². The summed E-state index contributed by atoms with van der Waals surface area (Å²) < 4.78 is 12.5. The SMILES string of the molecule is O=C(Nc1ccnn1C1CC[NH2+]CC1)c1ccc2c(c1)OCO2. The number of hydrogen-bond acceptors (Lipinski definition) is 4. The van der Waals surface area contributed by atoms with E-state index in [1.165, 1.54) is 0 Å². The quantitative estimate of drug-likeness (QED) is 0.876. The van der Waals surface area contributed by atoms with Crippen molar-refractivity contribution >= 4 is 11.7 Å². The molecular formula is C16H19N4O3+. The highest BCUT2D eigenvalue weighted by Gasteiger charge is 2.22. The first-order chi connectivity index (χ1) is 11.3. The summed E-state index contributed by atoms with van der Waals surface area (Å²) in [5, 5.41) is 9.65. The number of aromatic nitrogens is 2. The molecule has 0 atom stereocenters. The van der Waals surface area contributed by atoms with Crippen molar-refractivity contribution in [3.63, 3.8) is 0 Å². The zero-order valence-electron chi connectivity index (χ0n) is 12.7. The zero-order chi connectivity index (χ0) is 15.6. The summed E-state index contributed by atoms with van der Waals surface area (Å²) >= 11 is 0. The van der Waals surface area contributed by atoms with Crippen molar-refractivity contribution in [3.8, 4) is 11.5 Å². The van der Waals surface area contributed by atoms with Gasteiger partial charge in [0, 0.05) is 24.5 Å². The first-order valence-electron chi connectivity index (χ1n) is 7.87. The number of carbonyl (C=O) groups excluding carboxylic acids is 1. The number of nitrogens with one attached hydrogen (secondary N) is 1. The lowest BCUT2D eigenvalue weighted by Gasteiger charge is -2.22. The molecule has 0 saturated carbocycles. The van der Waals surface area contributed by atoms with Crippen LogP contribution >= 0.6 is 0 Å². The second-order valence-corrected chi connectivity index (χ2v) is 5.78. The molecule has 1 saturated heterocycles. The van der Waals surface area contributed by atoms with Gasteiger partial charge in [-0.1, -0.05) is 0 Å². The third-order valence-electron chi connectivity index (χ3n) is 4.30. The van der Waals surface area contributed by atoms with E-state index < -0.39 is 0 Å². The predicted molar refractivity (Wildman–Crippen MR) is 82.7 cm³/mol. The van der Waals surface area contributed by atoms with E-state index in [4.69, 9.17) is 9.47 Å². The van der Waals surface area contributed by atoms with Gasteiger partial charge >= 0.3 is 0 Å². The fourth-order valence-corrected chi connectivity index (χ4v) is 3.08. The fraction of sp³-hybridized carbons (Fsp3) is 0.375. The molecule has 7 heteroatoms. The summed E-state index contributed by atoms with van der Waals surface area (Å²) in [5.41, 5.74) is 0.541. The van der Waals surface area contributed by atoms with Gasteiger partial charge in [0.15, 0.2) is 11.5 Å². The van der Waals surface area contributed by atoms with E-state index in [2.05, 4.69) is 15.7 Å². The van der Waals surface area contributed by atoms with Crippen molar-refractivity contribution in [1.29, 1.82) is 0 Å². The summed E-state index contributed by atoms with van der Waals surface area (Å²) in [4.78, 5) is 12.5. The first-order valence-corrected chi connectivity index (χ1v) is 7.87. The van der Waals surface area contributed by atoms with Gasteiger partial charge in [-0.25, -0.2) is 4.68 Å². The third kappa shape index (κ3) is 2.75. The van der Waals surface area contributed by atoms with E-state index in [1.807, 2.05) is 10.7 Å². The van der Waals surface area contributed by atoms with Crippen molar-refractivity contribution in [2.45, 2.75) is 18.9 Å². The van der Waals surface area contributed by atoms with Crippen LogP contribution < -0.4 is 20.1 Å². The Balaban J connectivity index is 1.52. The van der Waals surface area contributed by atoms with Gasteiger partial charge in [0.25, 0.3) is 5.91 Å². The van der Waals surface area contributed by atoms with Crippen LogP contribution in [0, 0.1) is 0 Å². The number of nitrogens with two attached hydrogens (primary N) is 1. The first kappa shape index (κ1) is 14.1. The second kappa shape index (κ2) is 5.92. The van der Waals surface area contributed by atoms with Crippen LogP contribution in [0.4, 0.5) is 5.82 Å². The number of carbonyl (C=O) groups is 1. The molecule has 0 bridgehead atoms. The molecule has 23 heavy (non-hydrogen) atoms. The highest BCUT2D eigenvalue weighted by molar-refractivity contribution is 6.04. The summed E-state index contributed by atoms with van der Waals surface area (Å²) in [7, 11) is 0. The molecular weight excluding hydrogens is 296 g/mol. The number of piperidine rings is 1. The summed E-state index contributed by atoms with van der Waals surface area (Å²) in [6, 6.07) is 7.38. The Hall–Kier alpha value is -2.54. The van der Waals surface area contributed by atoms with E-state index in [-0.39, 0.29) is 12.7 Å². The molecule has 0 aliphatic carbocycles. The molecule has 0 radical (unpaired) electrons. The number of nitrogens with zero attached hydrogens (tertiary/aromatic N) is 2. The van der Waals surface area contributed by atoms with Gasteiger partial charge in [-0.2, -0.15) is 5.10 Å². The minimum Gasteiger partial charge on any atom is -0.454 e. The van der Waals surface area contributed by atoms with Crippen LogP contribution in [0.1, 0.15) is 29.2 Å². The number of fused-ring (bicyclic) bond motifs is 1. The predicted octanol–water partition coefficient (Wildman–Crippen LogP) is 0.762. The molecule has 2 aliphatic heterocycles. The Labute approximate surface area is 133 Å². The van der Waals surface area contributed by atoms with E-state index in [0.29, 0.717) is 23.1 Å². The van der Waals surface area contributed by atoms with E-state index >= 15 is 0 Å². The number of ether oxygens (including phenoxy) is 2. The van der Waals surface area contributed by atoms with Crippen molar-refractivity contribution in [3.05, 3.63) is 36.0 Å². The molecule has 2 aliphatic rings. The molecule has 1 amide bonds. The second-order valence-electron chi connectivity index (χ2n) is 5.78. The van der Waals surface area contributed by atoms with Gasteiger partial charge in [-0.15, -0.1) is 0 Å². The van der Waals surface area contributed by atoms with E-state index in [9.17, 15) is 4.79 Å². The van der Waals surface area contributed by atoms with Gasteiger partial charge in [0.2, 0.25) is 6.79 Å². The third-order valence-corrected chi connectivity index (χ3v) is 4.30. The van der Waals surface area contributed by atoms with Crippen molar-refractivity contribution in [1.82, 2.24) is 9.78 Å². The van der Waals surface area contributed by atoms with Crippen LogP contribution in [0.15, 0.2) is 30.5 Å². The Morgan fingerprint density at radius 1 is 1.22 bits per heavy atom. The summed E-state index contributed by atoms with van der Waals surface area (Å²) in [6.45, 7) is 2.39. The van der Waals surface area contributed by atoms with Crippen molar-refractivity contribution in [2.75, 3.05) is 25.2 Å².